The summed E-state index contributed by atoms with van der Waals surface area (Å²) in [5, 5.41) is 2.94. The molecule has 1 heterocycles. The van der Waals surface area contributed by atoms with Crippen molar-refractivity contribution in [3.8, 4) is 0 Å². The highest BCUT2D eigenvalue weighted by Crippen LogP contribution is 2.10. The minimum absolute atomic E-state index is 0.00815. The first-order valence-corrected chi connectivity index (χ1v) is 4.93. The molecule has 13 heavy (non-hydrogen) atoms. The van der Waals surface area contributed by atoms with Gasteiger partial charge in [0.05, 0.1) is 6.04 Å². The molecule has 0 aromatic heterocycles. The van der Waals surface area contributed by atoms with Gasteiger partial charge in [-0.2, -0.15) is 0 Å². The number of nitrogens with two attached hydrogens (primary N) is 1. The van der Waals surface area contributed by atoms with Crippen LogP contribution >= 0.6 is 0 Å². The van der Waals surface area contributed by atoms with Gasteiger partial charge >= 0.3 is 0 Å². The molecule has 4 nitrogen and oxygen atoms in total. The molecule has 1 rings (SSSR count). The monoisotopic (exact) mass is 185 g/mol. The van der Waals surface area contributed by atoms with Crippen LogP contribution in [0.2, 0.25) is 0 Å². The maximum absolute atomic E-state index is 11.6. The minimum Gasteiger partial charge on any atom is -0.351 e. The first kappa shape index (κ1) is 10.5. The highest BCUT2D eigenvalue weighted by molar-refractivity contribution is 5.82. The summed E-state index contributed by atoms with van der Waals surface area (Å²) >= 11 is 0. The lowest BCUT2D eigenvalue weighted by molar-refractivity contribution is -0.130. The Hall–Kier alpha value is -0.610. The van der Waals surface area contributed by atoms with Crippen molar-refractivity contribution in [2.45, 2.75) is 32.4 Å². The third-order valence-electron chi connectivity index (χ3n) is 2.49. The van der Waals surface area contributed by atoms with E-state index in [1.807, 2.05) is 6.92 Å². The largest absolute Gasteiger partial charge is 0.351 e. The highest BCUT2D eigenvalue weighted by atomic mass is 16.2. The standard InChI is InChI=1S/C9H19N3O/c1-3-12-6-7(2)11-9(13)8(12)4-5-10/h7-8H,3-6,10H2,1-2H3,(H,11,13). The molecule has 0 radical (unpaired) electrons. The van der Waals surface area contributed by atoms with Gasteiger partial charge in [0.15, 0.2) is 0 Å². The number of rotatable bonds is 3. The number of hydrogen-bond donors (Lipinski definition) is 2. The van der Waals surface area contributed by atoms with Crippen molar-refractivity contribution < 1.29 is 4.79 Å². The van der Waals surface area contributed by atoms with E-state index in [-0.39, 0.29) is 18.0 Å². The van der Waals surface area contributed by atoms with Crippen LogP contribution < -0.4 is 11.1 Å². The molecule has 76 valence electrons. The summed E-state index contributed by atoms with van der Waals surface area (Å²) in [6.07, 6.45) is 0.756. The number of nitrogens with one attached hydrogen (secondary N) is 1. The zero-order valence-electron chi connectivity index (χ0n) is 8.42. The number of likely N-dealkylation sites (N-methyl/N-ethyl adjacent to an activating group) is 1. The maximum atomic E-state index is 11.6. The van der Waals surface area contributed by atoms with Crippen LogP contribution in [0.25, 0.3) is 0 Å². The first-order valence-electron chi connectivity index (χ1n) is 4.93. The highest BCUT2D eigenvalue weighted by Gasteiger charge is 2.30. The summed E-state index contributed by atoms with van der Waals surface area (Å²) in [5.74, 6) is 0.131. The van der Waals surface area contributed by atoms with Crippen LogP contribution in [0.1, 0.15) is 20.3 Å². The molecule has 0 aromatic rings. The van der Waals surface area contributed by atoms with Crippen LogP contribution in [0, 0.1) is 0 Å². The van der Waals surface area contributed by atoms with Gasteiger partial charge in [0.2, 0.25) is 5.91 Å². The zero-order valence-corrected chi connectivity index (χ0v) is 8.42. The van der Waals surface area contributed by atoms with E-state index >= 15 is 0 Å². The van der Waals surface area contributed by atoms with E-state index in [4.69, 9.17) is 5.73 Å². The third-order valence-corrected chi connectivity index (χ3v) is 2.49. The molecule has 2 atom stereocenters. The molecular weight excluding hydrogens is 166 g/mol. The second kappa shape index (κ2) is 4.58. The Morgan fingerprint density at radius 2 is 2.38 bits per heavy atom. The van der Waals surface area contributed by atoms with E-state index in [0.717, 1.165) is 19.5 Å². The topological polar surface area (TPSA) is 58.4 Å². The molecule has 4 heteroatoms. The van der Waals surface area contributed by atoms with Crippen molar-refractivity contribution >= 4 is 5.91 Å². The van der Waals surface area contributed by atoms with Gasteiger partial charge in [-0.25, -0.2) is 0 Å². The van der Waals surface area contributed by atoms with Crippen molar-refractivity contribution in [1.82, 2.24) is 10.2 Å². The van der Waals surface area contributed by atoms with Crippen molar-refractivity contribution in [1.29, 1.82) is 0 Å². The molecule has 1 saturated heterocycles. The fourth-order valence-electron chi connectivity index (χ4n) is 1.85. The van der Waals surface area contributed by atoms with Crippen LogP contribution in [0.3, 0.4) is 0 Å². The molecule has 1 fully saturated rings. The van der Waals surface area contributed by atoms with Gasteiger partial charge in [-0.3, -0.25) is 9.69 Å². The predicted octanol–water partition coefficient (Wildman–Crippen LogP) is -0.456. The summed E-state index contributed by atoms with van der Waals surface area (Å²) < 4.78 is 0. The van der Waals surface area contributed by atoms with Gasteiger partial charge < -0.3 is 11.1 Å². The van der Waals surface area contributed by atoms with Crippen LogP contribution in [-0.4, -0.2) is 42.5 Å². The van der Waals surface area contributed by atoms with Gasteiger partial charge in [0, 0.05) is 12.6 Å². The van der Waals surface area contributed by atoms with Gasteiger partial charge in [-0.05, 0) is 26.4 Å². The smallest absolute Gasteiger partial charge is 0.237 e. The van der Waals surface area contributed by atoms with E-state index in [1.54, 1.807) is 0 Å². The Bertz CT molecular complexity index is 184. The quantitative estimate of drug-likeness (QED) is 0.626. The Morgan fingerprint density at radius 1 is 1.69 bits per heavy atom. The third kappa shape index (κ3) is 2.42. The van der Waals surface area contributed by atoms with Crippen molar-refractivity contribution in [2.24, 2.45) is 5.73 Å². The van der Waals surface area contributed by atoms with E-state index in [9.17, 15) is 4.79 Å². The van der Waals surface area contributed by atoms with Crippen LogP contribution in [0.15, 0.2) is 0 Å². The molecule has 2 unspecified atom stereocenters. The number of hydrogen-bond acceptors (Lipinski definition) is 3. The number of carbonyl (C=O) groups excluding carboxylic acids is 1. The van der Waals surface area contributed by atoms with E-state index in [1.165, 1.54) is 0 Å². The van der Waals surface area contributed by atoms with Gasteiger partial charge in [-0.15, -0.1) is 0 Å². The Morgan fingerprint density at radius 3 is 2.92 bits per heavy atom. The van der Waals surface area contributed by atoms with Crippen molar-refractivity contribution in [3.63, 3.8) is 0 Å². The lowest BCUT2D eigenvalue weighted by atomic mass is 10.1. The predicted molar refractivity (Wildman–Crippen MR) is 52.3 cm³/mol. The SMILES string of the molecule is CCN1CC(C)NC(=O)C1CCN. The number of amides is 1. The Balaban J connectivity index is 2.60. The van der Waals surface area contributed by atoms with E-state index in [2.05, 4.69) is 17.1 Å². The van der Waals surface area contributed by atoms with Crippen LogP contribution in [0.4, 0.5) is 0 Å². The zero-order chi connectivity index (χ0) is 9.84. The lowest BCUT2D eigenvalue weighted by Crippen LogP contribution is -2.59. The molecule has 1 aliphatic rings. The maximum Gasteiger partial charge on any atom is 0.237 e. The van der Waals surface area contributed by atoms with Crippen molar-refractivity contribution in [3.05, 3.63) is 0 Å². The lowest BCUT2D eigenvalue weighted by Gasteiger charge is -2.37. The molecular formula is C9H19N3O. The average Bonchev–Trinajstić information content (AvgIpc) is 2.09. The molecule has 0 bridgehead atoms. The van der Waals surface area contributed by atoms with Crippen molar-refractivity contribution in [2.75, 3.05) is 19.6 Å². The normalized spacial score (nSPS) is 30.2. The minimum atomic E-state index is -0.00815. The number of nitrogens with zero attached hydrogens (tertiary/aromatic N) is 1. The average molecular weight is 185 g/mol. The fourth-order valence-corrected chi connectivity index (χ4v) is 1.85. The molecule has 1 aliphatic heterocycles. The van der Waals surface area contributed by atoms with Crippen LogP contribution in [-0.2, 0) is 4.79 Å². The second-order valence-electron chi connectivity index (χ2n) is 3.59. The van der Waals surface area contributed by atoms with E-state index < -0.39 is 0 Å². The fraction of sp³-hybridized carbons (Fsp3) is 0.889. The summed E-state index contributed by atoms with van der Waals surface area (Å²) in [6, 6.07) is 0.257. The Kier molecular flexibility index (Phi) is 3.69. The first-order chi connectivity index (χ1) is 6.19. The summed E-state index contributed by atoms with van der Waals surface area (Å²) in [4.78, 5) is 13.7. The number of carbonyl (C=O) groups is 1. The molecule has 0 spiro atoms. The molecule has 0 saturated carbocycles. The van der Waals surface area contributed by atoms with Gasteiger partial charge in [-0.1, -0.05) is 6.92 Å². The van der Waals surface area contributed by atoms with E-state index in [0.29, 0.717) is 6.54 Å². The molecule has 3 N–H and O–H groups in total. The molecule has 1 amide bonds. The second-order valence-corrected chi connectivity index (χ2v) is 3.59. The summed E-state index contributed by atoms with van der Waals surface area (Å²) in [6.45, 7) is 6.53. The summed E-state index contributed by atoms with van der Waals surface area (Å²) in [7, 11) is 0. The van der Waals surface area contributed by atoms with Gasteiger partial charge in [0.1, 0.15) is 0 Å². The molecule has 0 aromatic carbocycles. The van der Waals surface area contributed by atoms with Gasteiger partial charge in [0.25, 0.3) is 0 Å². The summed E-state index contributed by atoms with van der Waals surface area (Å²) in [5.41, 5.74) is 5.47. The molecule has 0 aliphatic carbocycles. The Labute approximate surface area is 79.5 Å². The van der Waals surface area contributed by atoms with Crippen LogP contribution in [0.5, 0.6) is 0 Å². The number of piperazine rings is 1.